The molecule has 0 aromatic heterocycles. The first kappa shape index (κ1) is 15.7. The molecule has 0 aromatic carbocycles. The Hall–Kier alpha value is 0.270. The SMILES string of the molecule is CSCCN(C)CC1(CNC2CC2)CCC(C)CC1. The van der Waals surface area contributed by atoms with Gasteiger partial charge in [0.25, 0.3) is 0 Å². The van der Waals surface area contributed by atoms with Crippen LogP contribution in [0, 0.1) is 11.3 Å². The highest BCUT2D eigenvalue weighted by atomic mass is 32.2. The Bertz CT molecular complexity index is 257. The van der Waals surface area contributed by atoms with Crippen molar-refractivity contribution < 1.29 is 0 Å². The lowest BCUT2D eigenvalue weighted by atomic mass is 9.70. The van der Waals surface area contributed by atoms with Gasteiger partial charge in [0.05, 0.1) is 0 Å². The van der Waals surface area contributed by atoms with E-state index in [0.717, 1.165) is 12.0 Å². The van der Waals surface area contributed by atoms with Gasteiger partial charge in [0.2, 0.25) is 0 Å². The topological polar surface area (TPSA) is 15.3 Å². The van der Waals surface area contributed by atoms with Crippen LogP contribution >= 0.6 is 11.8 Å². The van der Waals surface area contributed by atoms with Gasteiger partial charge in [0.15, 0.2) is 0 Å². The minimum Gasteiger partial charge on any atom is -0.313 e. The van der Waals surface area contributed by atoms with Crippen LogP contribution in [-0.2, 0) is 0 Å². The van der Waals surface area contributed by atoms with Crippen molar-refractivity contribution in [2.45, 2.75) is 51.5 Å². The second-order valence-electron chi connectivity index (χ2n) is 7.07. The van der Waals surface area contributed by atoms with Crippen LogP contribution in [0.4, 0.5) is 0 Å². The zero-order valence-corrected chi connectivity index (χ0v) is 13.9. The van der Waals surface area contributed by atoms with Crippen LogP contribution in [-0.4, -0.2) is 49.6 Å². The van der Waals surface area contributed by atoms with Gasteiger partial charge >= 0.3 is 0 Å². The van der Waals surface area contributed by atoms with E-state index in [9.17, 15) is 0 Å². The van der Waals surface area contributed by atoms with Crippen LogP contribution < -0.4 is 5.32 Å². The van der Waals surface area contributed by atoms with E-state index in [-0.39, 0.29) is 0 Å². The van der Waals surface area contributed by atoms with Crippen LogP contribution in [0.3, 0.4) is 0 Å². The summed E-state index contributed by atoms with van der Waals surface area (Å²) >= 11 is 1.96. The third-order valence-corrected chi connectivity index (χ3v) is 5.55. The molecule has 0 radical (unpaired) electrons. The number of thioether (sulfide) groups is 1. The maximum absolute atomic E-state index is 3.81. The summed E-state index contributed by atoms with van der Waals surface area (Å²) in [6.45, 7) is 6.21. The number of hydrogen-bond donors (Lipinski definition) is 1. The summed E-state index contributed by atoms with van der Waals surface area (Å²) in [5.41, 5.74) is 0.558. The minimum absolute atomic E-state index is 0.558. The van der Waals surface area contributed by atoms with Gasteiger partial charge in [-0.25, -0.2) is 0 Å². The fourth-order valence-corrected chi connectivity index (χ4v) is 3.81. The fraction of sp³-hybridized carbons (Fsp3) is 1.00. The monoisotopic (exact) mass is 284 g/mol. The molecule has 2 saturated carbocycles. The van der Waals surface area contributed by atoms with Crippen molar-refractivity contribution in [1.29, 1.82) is 0 Å². The second kappa shape index (κ2) is 7.33. The van der Waals surface area contributed by atoms with Crippen LogP contribution in [0.2, 0.25) is 0 Å². The lowest BCUT2D eigenvalue weighted by Crippen LogP contribution is -2.46. The van der Waals surface area contributed by atoms with Crippen LogP contribution in [0.5, 0.6) is 0 Å². The molecule has 2 fully saturated rings. The molecule has 0 unspecified atom stereocenters. The van der Waals surface area contributed by atoms with Crippen molar-refractivity contribution in [3.05, 3.63) is 0 Å². The molecule has 2 aliphatic carbocycles. The number of nitrogens with one attached hydrogen (secondary N) is 1. The standard InChI is InChI=1S/C16H32N2S/c1-14-6-8-16(9-7-14,12-17-15-4-5-15)13-18(2)10-11-19-3/h14-15,17H,4-13H2,1-3H3. The van der Waals surface area contributed by atoms with E-state index in [2.05, 4.69) is 30.4 Å². The third-order valence-electron chi connectivity index (χ3n) is 4.96. The van der Waals surface area contributed by atoms with E-state index in [4.69, 9.17) is 0 Å². The van der Waals surface area contributed by atoms with E-state index in [1.807, 2.05) is 11.8 Å². The molecule has 0 atom stereocenters. The average Bonchev–Trinajstić information content (AvgIpc) is 3.22. The van der Waals surface area contributed by atoms with Crippen molar-refractivity contribution >= 4 is 11.8 Å². The molecule has 0 aromatic rings. The van der Waals surface area contributed by atoms with Crippen LogP contribution in [0.15, 0.2) is 0 Å². The lowest BCUT2D eigenvalue weighted by molar-refractivity contribution is 0.101. The molecule has 2 aliphatic rings. The van der Waals surface area contributed by atoms with Gasteiger partial charge in [-0.05, 0) is 50.3 Å². The van der Waals surface area contributed by atoms with Crippen molar-refractivity contribution in [3.63, 3.8) is 0 Å². The molecule has 0 amide bonds. The molecule has 2 rings (SSSR count). The van der Waals surface area contributed by atoms with E-state index < -0.39 is 0 Å². The van der Waals surface area contributed by atoms with Gasteiger partial charge in [-0.3, -0.25) is 0 Å². The summed E-state index contributed by atoms with van der Waals surface area (Å²) in [5, 5.41) is 3.81. The molecule has 1 N–H and O–H groups in total. The summed E-state index contributed by atoms with van der Waals surface area (Å²) in [4.78, 5) is 2.57. The molecule has 0 heterocycles. The van der Waals surface area contributed by atoms with Crippen molar-refractivity contribution in [2.24, 2.45) is 11.3 Å². The smallest absolute Gasteiger partial charge is 0.00694 e. The maximum atomic E-state index is 3.81. The molecule has 0 aliphatic heterocycles. The predicted molar refractivity (Wildman–Crippen MR) is 87.0 cm³/mol. The molecule has 0 saturated heterocycles. The van der Waals surface area contributed by atoms with E-state index in [0.29, 0.717) is 5.41 Å². The van der Waals surface area contributed by atoms with Gasteiger partial charge < -0.3 is 10.2 Å². The van der Waals surface area contributed by atoms with Crippen molar-refractivity contribution in [1.82, 2.24) is 10.2 Å². The summed E-state index contributed by atoms with van der Waals surface area (Å²) in [7, 11) is 2.31. The summed E-state index contributed by atoms with van der Waals surface area (Å²) in [5.74, 6) is 2.21. The molecule has 2 nitrogen and oxygen atoms in total. The Morgan fingerprint density at radius 2 is 1.89 bits per heavy atom. The first-order chi connectivity index (χ1) is 9.13. The Labute approximate surface area is 124 Å². The van der Waals surface area contributed by atoms with Gasteiger partial charge in [-0.2, -0.15) is 11.8 Å². The zero-order chi connectivity index (χ0) is 13.7. The van der Waals surface area contributed by atoms with Crippen LogP contribution in [0.1, 0.15) is 45.4 Å². The largest absolute Gasteiger partial charge is 0.313 e. The summed E-state index contributed by atoms with van der Waals surface area (Å²) in [6.07, 6.45) is 10.8. The second-order valence-corrected chi connectivity index (χ2v) is 8.05. The number of nitrogens with zero attached hydrogens (tertiary/aromatic N) is 1. The highest BCUT2D eigenvalue weighted by molar-refractivity contribution is 7.98. The third kappa shape index (κ3) is 5.28. The molecule has 112 valence electrons. The van der Waals surface area contributed by atoms with Gasteiger partial charge in [0, 0.05) is 31.4 Å². The number of rotatable bonds is 8. The quantitative estimate of drug-likeness (QED) is 0.737. The normalized spacial score (nSPS) is 31.9. The van der Waals surface area contributed by atoms with Crippen LogP contribution in [0.25, 0.3) is 0 Å². The van der Waals surface area contributed by atoms with E-state index in [1.165, 1.54) is 63.9 Å². The Kier molecular flexibility index (Phi) is 6.04. The van der Waals surface area contributed by atoms with E-state index >= 15 is 0 Å². The first-order valence-corrected chi connectivity index (χ1v) is 9.44. The summed E-state index contributed by atoms with van der Waals surface area (Å²) < 4.78 is 0. The predicted octanol–water partition coefficient (Wildman–Crippen LogP) is 3.23. The highest BCUT2D eigenvalue weighted by Gasteiger charge is 2.36. The highest BCUT2D eigenvalue weighted by Crippen LogP contribution is 2.39. The van der Waals surface area contributed by atoms with Gasteiger partial charge in [-0.15, -0.1) is 0 Å². The van der Waals surface area contributed by atoms with Crippen molar-refractivity contribution in [2.75, 3.05) is 38.7 Å². The Morgan fingerprint density at radius 1 is 1.21 bits per heavy atom. The lowest BCUT2D eigenvalue weighted by Gasteiger charge is -2.42. The molecule has 19 heavy (non-hydrogen) atoms. The molecular formula is C16H32N2S. The van der Waals surface area contributed by atoms with Crippen molar-refractivity contribution in [3.8, 4) is 0 Å². The first-order valence-electron chi connectivity index (χ1n) is 8.04. The fourth-order valence-electron chi connectivity index (χ4n) is 3.31. The molecular weight excluding hydrogens is 252 g/mol. The minimum atomic E-state index is 0.558. The van der Waals surface area contributed by atoms with Gasteiger partial charge in [-0.1, -0.05) is 19.8 Å². The molecule has 3 heteroatoms. The maximum Gasteiger partial charge on any atom is 0.00694 e. The van der Waals surface area contributed by atoms with E-state index in [1.54, 1.807) is 0 Å². The Balaban J connectivity index is 1.84. The summed E-state index contributed by atoms with van der Waals surface area (Å²) in [6, 6.07) is 0.854. The number of hydrogen-bond acceptors (Lipinski definition) is 3. The molecule has 0 spiro atoms. The Morgan fingerprint density at radius 3 is 2.47 bits per heavy atom. The molecule has 0 bridgehead atoms. The average molecular weight is 285 g/mol. The van der Waals surface area contributed by atoms with Gasteiger partial charge in [0.1, 0.15) is 0 Å². The zero-order valence-electron chi connectivity index (χ0n) is 13.1.